The van der Waals surface area contributed by atoms with Crippen LogP contribution >= 0.6 is 0 Å². The molecule has 0 aliphatic carbocycles. The van der Waals surface area contributed by atoms with Gasteiger partial charge in [0.2, 0.25) is 0 Å². The van der Waals surface area contributed by atoms with Crippen LogP contribution in [0, 0.1) is 0 Å². The summed E-state index contributed by atoms with van der Waals surface area (Å²) in [4.78, 5) is 0. The second-order valence-corrected chi connectivity index (χ2v) is 5.38. The molecule has 0 saturated carbocycles. The van der Waals surface area contributed by atoms with Gasteiger partial charge in [0.15, 0.2) is 0 Å². The highest BCUT2D eigenvalue weighted by Crippen LogP contribution is 2.24. The van der Waals surface area contributed by atoms with Crippen molar-refractivity contribution in [3.8, 4) is 0 Å². The summed E-state index contributed by atoms with van der Waals surface area (Å²) < 4.78 is 5.77. The smallest absolute Gasteiger partial charge is 0.0779 e. The predicted molar refractivity (Wildman–Crippen MR) is 74.7 cm³/mol. The van der Waals surface area contributed by atoms with E-state index in [-0.39, 0.29) is 5.60 Å². The van der Waals surface area contributed by atoms with E-state index in [0.29, 0.717) is 12.5 Å². The van der Waals surface area contributed by atoms with E-state index in [9.17, 15) is 0 Å². The van der Waals surface area contributed by atoms with Gasteiger partial charge in [0.25, 0.3) is 0 Å². The molecule has 100 valence electrons. The van der Waals surface area contributed by atoms with Gasteiger partial charge in [0, 0.05) is 32.2 Å². The van der Waals surface area contributed by atoms with Gasteiger partial charge in [-0.2, -0.15) is 0 Å². The van der Waals surface area contributed by atoms with Crippen LogP contribution in [0.25, 0.3) is 0 Å². The largest absolute Gasteiger partial charge is 0.374 e. The van der Waals surface area contributed by atoms with E-state index in [2.05, 4.69) is 36.5 Å². The van der Waals surface area contributed by atoms with Gasteiger partial charge in [-0.15, -0.1) is 0 Å². The summed E-state index contributed by atoms with van der Waals surface area (Å²) in [5.74, 6) is 0.385. The molecule has 2 atom stereocenters. The minimum Gasteiger partial charge on any atom is -0.374 e. The van der Waals surface area contributed by atoms with Gasteiger partial charge in [0.1, 0.15) is 0 Å². The summed E-state index contributed by atoms with van der Waals surface area (Å²) in [6.07, 6.45) is 2.33. The molecule has 3 nitrogen and oxygen atoms in total. The van der Waals surface area contributed by atoms with E-state index >= 15 is 0 Å². The van der Waals surface area contributed by atoms with Gasteiger partial charge in [-0.3, -0.25) is 0 Å². The number of rotatable bonds is 6. The van der Waals surface area contributed by atoms with Gasteiger partial charge in [-0.05, 0) is 25.3 Å². The zero-order valence-corrected chi connectivity index (χ0v) is 11.2. The second-order valence-electron chi connectivity index (χ2n) is 5.38. The van der Waals surface area contributed by atoms with Crippen molar-refractivity contribution in [2.24, 2.45) is 5.73 Å². The molecule has 0 spiro atoms. The monoisotopic (exact) mass is 248 g/mol. The molecule has 0 aromatic heterocycles. The second kappa shape index (κ2) is 6.32. The Morgan fingerprint density at radius 1 is 1.39 bits per heavy atom. The lowest BCUT2D eigenvalue weighted by Crippen LogP contribution is -2.39. The van der Waals surface area contributed by atoms with Crippen molar-refractivity contribution < 1.29 is 4.74 Å². The van der Waals surface area contributed by atoms with Crippen molar-refractivity contribution in [3.63, 3.8) is 0 Å². The van der Waals surface area contributed by atoms with Crippen molar-refractivity contribution in [3.05, 3.63) is 35.9 Å². The van der Waals surface area contributed by atoms with Gasteiger partial charge in [-0.1, -0.05) is 30.3 Å². The summed E-state index contributed by atoms with van der Waals surface area (Å²) in [5.41, 5.74) is 7.19. The SMILES string of the molecule is CC1(CNCC(CN)c2ccccc2)CCCO1. The number of hydrogen-bond donors (Lipinski definition) is 2. The Hall–Kier alpha value is -0.900. The van der Waals surface area contributed by atoms with Crippen molar-refractivity contribution >= 4 is 0 Å². The minimum absolute atomic E-state index is 0.0236. The Bertz CT molecular complexity index is 347. The normalized spacial score (nSPS) is 25.2. The number of benzene rings is 1. The third kappa shape index (κ3) is 3.55. The van der Waals surface area contributed by atoms with Crippen molar-refractivity contribution in [2.45, 2.75) is 31.3 Å². The topological polar surface area (TPSA) is 47.3 Å². The molecular formula is C15H24N2O. The van der Waals surface area contributed by atoms with E-state index < -0.39 is 0 Å². The molecule has 0 bridgehead atoms. The molecular weight excluding hydrogens is 224 g/mol. The summed E-state index contributed by atoms with van der Waals surface area (Å²) in [7, 11) is 0. The average Bonchev–Trinajstić information content (AvgIpc) is 2.83. The average molecular weight is 248 g/mol. The molecule has 2 unspecified atom stereocenters. The lowest BCUT2D eigenvalue weighted by molar-refractivity contribution is 0.0208. The molecule has 1 aliphatic rings. The predicted octanol–water partition coefficient (Wildman–Crippen LogP) is 1.89. The number of hydrogen-bond acceptors (Lipinski definition) is 3. The van der Waals surface area contributed by atoms with Crippen LogP contribution in [0.1, 0.15) is 31.2 Å². The minimum atomic E-state index is 0.0236. The molecule has 1 aromatic rings. The Morgan fingerprint density at radius 2 is 2.17 bits per heavy atom. The van der Waals surface area contributed by atoms with Crippen molar-refractivity contribution in [1.82, 2.24) is 5.32 Å². The summed E-state index contributed by atoms with van der Waals surface area (Å²) in [6, 6.07) is 10.5. The third-order valence-electron chi connectivity index (χ3n) is 3.75. The summed E-state index contributed by atoms with van der Waals surface area (Å²) in [5, 5.41) is 3.51. The number of nitrogens with two attached hydrogens (primary N) is 1. The Kier molecular flexibility index (Phi) is 4.75. The first kappa shape index (κ1) is 13.5. The van der Waals surface area contributed by atoms with Crippen LogP contribution in [0.15, 0.2) is 30.3 Å². The third-order valence-corrected chi connectivity index (χ3v) is 3.75. The first-order valence-electron chi connectivity index (χ1n) is 6.83. The van der Waals surface area contributed by atoms with Crippen LogP contribution in [-0.4, -0.2) is 31.8 Å². The van der Waals surface area contributed by atoms with E-state index in [0.717, 1.165) is 26.1 Å². The van der Waals surface area contributed by atoms with Crippen LogP contribution < -0.4 is 11.1 Å². The molecule has 1 saturated heterocycles. The lowest BCUT2D eigenvalue weighted by atomic mass is 9.98. The number of nitrogens with one attached hydrogen (secondary N) is 1. The lowest BCUT2D eigenvalue weighted by Gasteiger charge is -2.25. The molecule has 1 aliphatic heterocycles. The fraction of sp³-hybridized carbons (Fsp3) is 0.600. The molecule has 3 heteroatoms. The maximum atomic E-state index is 5.86. The first-order chi connectivity index (χ1) is 8.73. The summed E-state index contributed by atoms with van der Waals surface area (Å²) in [6.45, 7) is 5.59. The van der Waals surface area contributed by atoms with Gasteiger partial charge in [-0.25, -0.2) is 0 Å². The first-order valence-corrected chi connectivity index (χ1v) is 6.83. The quantitative estimate of drug-likeness (QED) is 0.808. The zero-order valence-electron chi connectivity index (χ0n) is 11.2. The van der Waals surface area contributed by atoms with Crippen molar-refractivity contribution in [2.75, 3.05) is 26.2 Å². The van der Waals surface area contributed by atoms with E-state index in [1.54, 1.807) is 0 Å². The van der Waals surface area contributed by atoms with Crippen LogP contribution in [0.5, 0.6) is 0 Å². The number of ether oxygens (including phenoxy) is 1. The molecule has 0 radical (unpaired) electrons. The van der Waals surface area contributed by atoms with Gasteiger partial charge in [0.05, 0.1) is 5.60 Å². The molecule has 1 aromatic carbocycles. The molecule has 18 heavy (non-hydrogen) atoms. The van der Waals surface area contributed by atoms with Gasteiger partial charge < -0.3 is 15.8 Å². The van der Waals surface area contributed by atoms with Crippen molar-refractivity contribution in [1.29, 1.82) is 0 Å². The maximum Gasteiger partial charge on any atom is 0.0779 e. The molecule has 1 fully saturated rings. The van der Waals surface area contributed by atoms with Crippen LogP contribution in [-0.2, 0) is 4.74 Å². The van der Waals surface area contributed by atoms with Gasteiger partial charge >= 0.3 is 0 Å². The zero-order chi connectivity index (χ0) is 12.8. The van der Waals surface area contributed by atoms with E-state index in [1.807, 2.05) is 6.07 Å². The highest BCUT2D eigenvalue weighted by molar-refractivity contribution is 5.20. The fourth-order valence-electron chi connectivity index (χ4n) is 2.55. The van der Waals surface area contributed by atoms with Crippen LogP contribution in [0.3, 0.4) is 0 Å². The maximum absolute atomic E-state index is 5.86. The Balaban J connectivity index is 1.81. The Labute approximate surface area is 110 Å². The van der Waals surface area contributed by atoms with Crippen LogP contribution in [0.4, 0.5) is 0 Å². The Morgan fingerprint density at radius 3 is 2.78 bits per heavy atom. The molecule has 1 heterocycles. The highest BCUT2D eigenvalue weighted by Gasteiger charge is 2.29. The molecule has 3 N–H and O–H groups in total. The molecule has 0 amide bonds. The van der Waals surface area contributed by atoms with Crippen LogP contribution in [0.2, 0.25) is 0 Å². The van der Waals surface area contributed by atoms with E-state index in [4.69, 9.17) is 10.5 Å². The standard InChI is InChI=1S/C15H24N2O/c1-15(8-5-9-18-15)12-17-11-14(10-16)13-6-3-2-4-7-13/h2-4,6-7,14,17H,5,8-12,16H2,1H3. The highest BCUT2D eigenvalue weighted by atomic mass is 16.5. The summed E-state index contributed by atoms with van der Waals surface area (Å²) >= 11 is 0. The fourth-order valence-corrected chi connectivity index (χ4v) is 2.55. The van der Waals surface area contributed by atoms with E-state index in [1.165, 1.54) is 12.0 Å². The molecule has 2 rings (SSSR count).